The highest BCUT2D eigenvalue weighted by Crippen LogP contribution is 2.26. The Labute approximate surface area is 248 Å². The number of hydrogen-bond donors (Lipinski definition) is 2. The topological polar surface area (TPSA) is 158 Å². The Kier molecular flexibility index (Phi) is 9.71. The summed E-state index contributed by atoms with van der Waals surface area (Å²) < 4.78 is 35.5. The van der Waals surface area contributed by atoms with Gasteiger partial charge < -0.3 is 11.1 Å². The number of halogens is 1. The molecule has 3 N–H and O–H groups in total. The van der Waals surface area contributed by atoms with Gasteiger partial charge in [-0.05, 0) is 59.9 Å². The lowest BCUT2D eigenvalue weighted by Crippen LogP contribution is -2.29. The molecule has 4 aromatic heterocycles. The number of benzene rings is 1. The van der Waals surface area contributed by atoms with Gasteiger partial charge in [-0.15, -0.1) is 0 Å². The molecule has 0 aliphatic carbocycles. The number of hydrogen-bond acceptors (Lipinski definition) is 8. The number of sulfone groups is 1. The van der Waals surface area contributed by atoms with Crippen molar-refractivity contribution in [1.29, 1.82) is 0 Å². The normalized spacial score (nSPS) is 11.3. The minimum absolute atomic E-state index is 0.0124. The molecule has 5 rings (SSSR count). The van der Waals surface area contributed by atoms with E-state index in [9.17, 15) is 22.4 Å². The first-order valence-corrected chi connectivity index (χ1v) is 15.5. The Morgan fingerprint density at radius 2 is 1.47 bits per heavy atom. The van der Waals surface area contributed by atoms with Crippen molar-refractivity contribution in [2.75, 3.05) is 18.6 Å². The molecule has 10 nitrogen and oxygen atoms in total. The second-order valence-corrected chi connectivity index (χ2v) is 12.6. The highest BCUT2D eigenvalue weighted by atomic mass is 32.2. The fraction of sp³-hybridized carbons (Fsp3) is 0.226. The van der Waals surface area contributed by atoms with E-state index in [1.54, 1.807) is 55.1 Å². The van der Waals surface area contributed by atoms with E-state index in [2.05, 4.69) is 39.1 Å². The number of nitrogens with one attached hydrogen (secondary N) is 1. The third-order valence-corrected chi connectivity index (χ3v) is 7.25. The molecule has 5 aromatic rings. The predicted molar refractivity (Wildman–Crippen MR) is 164 cm³/mol. The molecule has 0 atom stereocenters. The van der Waals surface area contributed by atoms with Crippen molar-refractivity contribution in [3.63, 3.8) is 0 Å². The largest absolute Gasteiger partial charge is 0.364 e. The number of aromatic nitrogens is 4. The molecule has 0 bridgehead atoms. The van der Waals surface area contributed by atoms with Gasteiger partial charge in [0.05, 0.1) is 16.8 Å². The average Bonchev–Trinajstić information content (AvgIpc) is 2.96. The summed E-state index contributed by atoms with van der Waals surface area (Å²) in [5.41, 5.74) is 9.55. The van der Waals surface area contributed by atoms with Gasteiger partial charge in [-0.1, -0.05) is 26.0 Å². The van der Waals surface area contributed by atoms with Crippen LogP contribution in [-0.4, -0.2) is 58.7 Å². The molecule has 4 heterocycles. The van der Waals surface area contributed by atoms with Crippen molar-refractivity contribution in [1.82, 2.24) is 25.3 Å². The molecular weight excluding hydrogens is 571 g/mol. The van der Waals surface area contributed by atoms with Crippen molar-refractivity contribution >= 4 is 43.5 Å². The molecule has 0 radical (unpaired) electrons. The monoisotopic (exact) mass is 602 g/mol. The van der Waals surface area contributed by atoms with Gasteiger partial charge in [0.2, 0.25) is 0 Å². The zero-order valence-corrected chi connectivity index (χ0v) is 24.7. The van der Waals surface area contributed by atoms with Gasteiger partial charge in [-0.2, -0.15) is 0 Å². The zero-order chi connectivity index (χ0) is 31.1. The molecule has 0 aliphatic heterocycles. The summed E-state index contributed by atoms with van der Waals surface area (Å²) in [6, 6.07) is 12.7. The lowest BCUT2D eigenvalue weighted by molar-refractivity contribution is 0.0950. The van der Waals surface area contributed by atoms with Crippen LogP contribution in [0.1, 0.15) is 40.4 Å². The molecule has 1 aromatic carbocycles. The van der Waals surface area contributed by atoms with E-state index in [0.29, 0.717) is 22.7 Å². The van der Waals surface area contributed by atoms with Gasteiger partial charge in [0.15, 0.2) is 0 Å². The summed E-state index contributed by atoms with van der Waals surface area (Å²) in [5, 5.41) is 4.21. The van der Waals surface area contributed by atoms with Crippen LogP contribution >= 0.6 is 0 Å². The first-order valence-electron chi connectivity index (χ1n) is 13.4. The van der Waals surface area contributed by atoms with Crippen molar-refractivity contribution in [2.24, 2.45) is 11.7 Å². The lowest BCUT2D eigenvalue weighted by atomic mass is 10.0. The van der Waals surface area contributed by atoms with Crippen LogP contribution in [0.5, 0.6) is 0 Å². The maximum Gasteiger partial charge on any atom is 0.269 e. The summed E-state index contributed by atoms with van der Waals surface area (Å²) in [6.45, 7) is 4.28. The molecule has 2 amide bonds. The van der Waals surface area contributed by atoms with Gasteiger partial charge >= 0.3 is 0 Å². The number of carbonyl (C=O) groups is 2. The fourth-order valence-electron chi connectivity index (χ4n) is 4.28. The number of primary amides is 1. The van der Waals surface area contributed by atoms with Crippen molar-refractivity contribution in [2.45, 2.75) is 20.3 Å². The van der Waals surface area contributed by atoms with Gasteiger partial charge in [0, 0.05) is 53.9 Å². The highest BCUT2D eigenvalue weighted by Gasteiger charge is 2.13. The number of nitrogens with zero attached hydrogens (tertiary/aromatic N) is 4. The van der Waals surface area contributed by atoms with Crippen LogP contribution in [0, 0.1) is 11.7 Å². The zero-order valence-electron chi connectivity index (χ0n) is 23.9. The standard InChI is InChI=1S/C18H16FN3O3S.C13H15N3O/c1-26(24,25)9-8-21-18(23)16-7-4-13-10-20-11-15(17(13)22-16)12-2-5-14(19)6-3-12;1-8(2)5-10-7-15-6-9-3-4-11(13(14)17)16-12(9)10/h2-7,10-11H,8-9H2,1H3,(H,21,23);3-4,6-8H,5H2,1-2H3,(H2,14,17). The van der Waals surface area contributed by atoms with E-state index in [4.69, 9.17) is 5.73 Å². The van der Waals surface area contributed by atoms with Gasteiger partial charge in [-0.25, -0.2) is 22.8 Å². The first-order chi connectivity index (χ1) is 20.4. The lowest BCUT2D eigenvalue weighted by Gasteiger charge is -2.08. The quantitative estimate of drug-likeness (QED) is 0.268. The summed E-state index contributed by atoms with van der Waals surface area (Å²) >= 11 is 0. The maximum absolute atomic E-state index is 13.2. The van der Waals surface area contributed by atoms with Crippen LogP contribution in [0.15, 0.2) is 73.3 Å². The van der Waals surface area contributed by atoms with E-state index < -0.39 is 21.7 Å². The molecule has 0 unspecified atom stereocenters. The molecule has 0 aliphatic rings. The van der Waals surface area contributed by atoms with E-state index >= 15 is 0 Å². The van der Waals surface area contributed by atoms with Gasteiger partial charge in [0.25, 0.3) is 11.8 Å². The molecule has 43 heavy (non-hydrogen) atoms. The Bertz CT molecular complexity index is 1900. The smallest absolute Gasteiger partial charge is 0.269 e. The number of pyridine rings is 4. The third-order valence-electron chi connectivity index (χ3n) is 6.30. The van der Waals surface area contributed by atoms with Crippen LogP contribution < -0.4 is 11.1 Å². The van der Waals surface area contributed by atoms with Crippen molar-refractivity contribution in [3.05, 3.63) is 96.1 Å². The molecule has 0 saturated heterocycles. The Morgan fingerprint density at radius 3 is 2.09 bits per heavy atom. The fourth-order valence-corrected chi connectivity index (χ4v) is 4.75. The molecule has 0 saturated carbocycles. The second kappa shape index (κ2) is 13.4. The van der Waals surface area contributed by atoms with Gasteiger partial charge in [0.1, 0.15) is 27.0 Å². The van der Waals surface area contributed by atoms with Crippen LogP contribution in [0.3, 0.4) is 0 Å². The maximum atomic E-state index is 13.2. The molecular formula is C31H31FN6O4S. The SMILES string of the molecule is CC(C)Cc1cncc2ccc(C(N)=O)nc12.CS(=O)(=O)CCNC(=O)c1ccc2cncc(-c3ccc(F)cc3)c2n1. The average molecular weight is 603 g/mol. The van der Waals surface area contributed by atoms with Crippen molar-refractivity contribution in [3.8, 4) is 11.1 Å². The predicted octanol–water partition coefficient (Wildman–Crippen LogP) is 4.14. The van der Waals surface area contributed by atoms with Crippen LogP contribution in [0.4, 0.5) is 4.39 Å². The summed E-state index contributed by atoms with van der Waals surface area (Å²) in [7, 11) is -3.16. The molecule has 222 valence electrons. The van der Waals surface area contributed by atoms with E-state index in [-0.39, 0.29) is 23.8 Å². The van der Waals surface area contributed by atoms with E-state index in [0.717, 1.165) is 40.1 Å². The van der Waals surface area contributed by atoms with Crippen LogP contribution in [0.2, 0.25) is 0 Å². The number of amides is 2. The third kappa shape index (κ3) is 8.35. The number of rotatable bonds is 8. The van der Waals surface area contributed by atoms with Crippen molar-refractivity contribution < 1.29 is 22.4 Å². The minimum atomic E-state index is -3.16. The van der Waals surface area contributed by atoms with E-state index in [1.165, 1.54) is 12.1 Å². The Morgan fingerprint density at radius 1 is 0.860 bits per heavy atom. The molecule has 0 spiro atoms. The van der Waals surface area contributed by atoms with Crippen LogP contribution in [0.25, 0.3) is 32.9 Å². The minimum Gasteiger partial charge on any atom is -0.364 e. The molecule has 12 heteroatoms. The number of fused-ring (bicyclic) bond motifs is 2. The van der Waals surface area contributed by atoms with E-state index in [1.807, 2.05) is 6.07 Å². The first kappa shape index (κ1) is 31.1. The number of nitrogens with two attached hydrogens (primary N) is 1. The Balaban J connectivity index is 0.000000215. The van der Waals surface area contributed by atoms with Gasteiger partial charge in [-0.3, -0.25) is 19.6 Å². The number of carbonyl (C=O) groups excluding carboxylic acids is 2. The summed E-state index contributed by atoms with van der Waals surface area (Å²) in [6.07, 6.45) is 8.78. The highest BCUT2D eigenvalue weighted by molar-refractivity contribution is 7.90. The summed E-state index contributed by atoms with van der Waals surface area (Å²) in [5.74, 6) is -0.934. The Hall–Kier alpha value is -4.84. The molecule has 0 fully saturated rings. The summed E-state index contributed by atoms with van der Waals surface area (Å²) in [4.78, 5) is 40.4. The second-order valence-electron chi connectivity index (χ2n) is 10.4. The van der Waals surface area contributed by atoms with Crippen LogP contribution in [-0.2, 0) is 16.3 Å².